The van der Waals surface area contributed by atoms with E-state index in [0.717, 1.165) is 37.3 Å². The highest BCUT2D eigenvalue weighted by molar-refractivity contribution is 6.30. The number of benzene rings is 1. The summed E-state index contributed by atoms with van der Waals surface area (Å²) in [5, 5.41) is 2.81. The number of likely N-dealkylation sites (tertiary alicyclic amines) is 1. The number of ether oxygens (including phenoxy) is 1. The highest BCUT2D eigenvalue weighted by atomic mass is 35.5. The lowest BCUT2D eigenvalue weighted by Crippen LogP contribution is -2.53. The van der Waals surface area contributed by atoms with E-state index in [4.69, 9.17) is 16.3 Å². The van der Waals surface area contributed by atoms with Crippen molar-refractivity contribution in [2.75, 3.05) is 20.1 Å². The number of piperidine rings is 1. The minimum absolute atomic E-state index is 0.118. The highest BCUT2D eigenvalue weighted by Gasteiger charge is 2.46. The zero-order valence-corrected chi connectivity index (χ0v) is 15.9. The van der Waals surface area contributed by atoms with Gasteiger partial charge in [-0.25, -0.2) is 9.37 Å². The molecule has 144 valence electrons. The van der Waals surface area contributed by atoms with E-state index in [-0.39, 0.29) is 10.9 Å². The van der Waals surface area contributed by atoms with Crippen molar-refractivity contribution in [1.29, 1.82) is 0 Å². The number of carbonyl (C=O) groups is 1. The van der Waals surface area contributed by atoms with Crippen LogP contribution in [0.1, 0.15) is 24.2 Å². The third kappa shape index (κ3) is 3.47. The van der Waals surface area contributed by atoms with Crippen LogP contribution in [0, 0.1) is 5.82 Å². The zero-order valence-electron chi connectivity index (χ0n) is 15.1. The molecule has 1 aromatic carbocycles. The Morgan fingerprint density at radius 2 is 2.22 bits per heavy atom. The number of hydrogen-bond acceptors (Lipinski definition) is 4. The molecule has 0 saturated carbocycles. The Balaban J connectivity index is 1.48. The summed E-state index contributed by atoms with van der Waals surface area (Å²) in [6.45, 7) is 2.68. The number of imidazole rings is 1. The normalized spacial score (nSPS) is 21.8. The van der Waals surface area contributed by atoms with E-state index >= 15 is 0 Å². The van der Waals surface area contributed by atoms with E-state index in [1.807, 2.05) is 16.8 Å². The molecule has 27 heavy (non-hydrogen) atoms. The summed E-state index contributed by atoms with van der Waals surface area (Å²) in [6, 6.07) is 4.92. The smallest absolute Gasteiger partial charge is 0.250 e. The van der Waals surface area contributed by atoms with Gasteiger partial charge in [-0.1, -0.05) is 17.7 Å². The van der Waals surface area contributed by atoms with Gasteiger partial charge < -0.3 is 14.6 Å². The molecule has 1 fully saturated rings. The van der Waals surface area contributed by atoms with Crippen LogP contribution < -0.4 is 5.32 Å². The first-order chi connectivity index (χ1) is 13.0. The second kappa shape index (κ2) is 7.22. The lowest BCUT2D eigenvalue weighted by atomic mass is 9.88. The minimum Gasteiger partial charge on any atom is -0.357 e. The number of amides is 1. The minimum atomic E-state index is -0.555. The lowest BCUT2D eigenvalue weighted by Gasteiger charge is -2.45. The van der Waals surface area contributed by atoms with Crippen LogP contribution in [0.15, 0.2) is 30.6 Å². The molecule has 8 heteroatoms. The summed E-state index contributed by atoms with van der Waals surface area (Å²) in [4.78, 5) is 18.9. The van der Waals surface area contributed by atoms with Crippen LogP contribution in [0.5, 0.6) is 0 Å². The second-order valence-corrected chi connectivity index (χ2v) is 7.55. The highest BCUT2D eigenvalue weighted by Crippen LogP contribution is 2.40. The van der Waals surface area contributed by atoms with Crippen LogP contribution in [0.25, 0.3) is 0 Å². The van der Waals surface area contributed by atoms with Crippen molar-refractivity contribution in [3.63, 3.8) is 0 Å². The number of rotatable bonds is 3. The van der Waals surface area contributed by atoms with Crippen LogP contribution >= 0.6 is 11.6 Å². The lowest BCUT2D eigenvalue weighted by molar-refractivity contribution is -0.173. The molecule has 1 spiro atoms. The third-order valence-electron chi connectivity index (χ3n) is 5.45. The molecule has 0 radical (unpaired) electrons. The van der Waals surface area contributed by atoms with Gasteiger partial charge in [-0.15, -0.1) is 0 Å². The van der Waals surface area contributed by atoms with E-state index in [0.29, 0.717) is 13.1 Å². The van der Waals surface area contributed by atoms with Crippen LogP contribution in [0.2, 0.25) is 5.02 Å². The Labute approximate surface area is 162 Å². The van der Waals surface area contributed by atoms with Crippen molar-refractivity contribution >= 4 is 17.5 Å². The molecule has 1 amide bonds. The van der Waals surface area contributed by atoms with E-state index in [1.165, 1.54) is 6.07 Å². The Kier molecular flexibility index (Phi) is 4.92. The number of nitrogens with zero attached hydrogens (tertiary/aromatic N) is 3. The van der Waals surface area contributed by atoms with Gasteiger partial charge in [0.25, 0.3) is 5.91 Å². The van der Waals surface area contributed by atoms with E-state index in [1.54, 1.807) is 19.3 Å². The maximum atomic E-state index is 13.7. The SMILES string of the molecule is CNC(=O)C1Cn2ccnc2C2(CCN(Cc3ccc(Cl)c(F)c3)CC2)O1. The average molecular weight is 393 g/mol. The molecule has 1 N–H and O–H groups in total. The monoisotopic (exact) mass is 392 g/mol. The molecule has 2 aliphatic rings. The molecule has 2 aromatic rings. The van der Waals surface area contributed by atoms with Crippen LogP contribution in [-0.2, 0) is 28.2 Å². The number of carbonyl (C=O) groups excluding carboxylic acids is 1. The summed E-state index contributed by atoms with van der Waals surface area (Å²) in [6.07, 6.45) is 4.60. The molecular formula is C19H22ClFN4O2. The predicted molar refractivity (Wildman–Crippen MR) is 98.8 cm³/mol. The van der Waals surface area contributed by atoms with Gasteiger partial charge in [-0.3, -0.25) is 9.69 Å². The maximum Gasteiger partial charge on any atom is 0.250 e. The van der Waals surface area contributed by atoms with Gasteiger partial charge in [0.15, 0.2) is 6.10 Å². The Hall–Kier alpha value is -1.96. The van der Waals surface area contributed by atoms with Gasteiger partial charge in [0.1, 0.15) is 17.2 Å². The Morgan fingerprint density at radius 1 is 1.44 bits per heavy atom. The van der Waals surface area contributed by atoms with E-state index in [9.17, 15) is 9.18 Å². The van der Waals surface area contributed by atoms with Crippen LogP contribution in [0.4, 0.5) is 4.39 Å². The molecule has 1 aromatic heterocycles. The van der Waals surface area contributed by atoms with Gasteiger partial charge >= 0.3 is 0 Å². The molecule has 1 unspecified atom stereocenters. The molecule has 4 rings (SSSR count). The van der Waals surface area contributed by atoms with Crippen LogP contribution in [0.3, 0.4) is 0 Å². The number of fused-ring (bicyclic) bond motifs is 2. The number of nitrogens with one attached hydrogen (secondary N) is 1. The fourth-order valence-electron chi connectivity index (χ4n) is 4.00. The number of likely N-dealkylation sites (N-methyl/N-ethyl adjacent to an activating group) is 1. The van der Waals surface area contributed by atoms with Gasteiger partial charge in [0.2, 0.25) is 0 Å². The maximum absolute atomic E-state index is 13.7. The molecule has 3 heterocycles. The van der Waals surface area contributed by atoms with Gasteiger partial charge in [-0.2, -0.15) is 0 Å². The zero-order chi connectivity index (χ0) is 19.0. The van der Waals surface area contributed by atoms with Gasteiger partial charge in [0.05, 0.1) is 11.6 Å². The first kappa shape index (κ1) is 18.4. The number of hydrogen-bond donors (Lipinski definition) is 1. The summed E-state index contributed by atoms with van der Waals surface area (Å²) < 4.78 is 22.0. The summed E-state index contributed by atoms with van der Waals surface area (Å²) in [5.41, 5.74) is 0.336. The Bertz CT molecular complexity index is 848. The van der Waals surface area contributed by atoms with Gasteiger partial charge in [0, 0.05) is 39.1 Å². The van der Waals surface area contributed by atoms with Crippen molar-refractivity contribution in [2.45, 2.75) is 37.6 Å². The van der Waals surface area contributed by atoms with Crippen molar-refractivity contribution in [3.05, 3.63) is 52.8 Å². The first-order valence-electron chi connectivity index (χ1n) is 9.08. The predicted octanol–water partition coefficient (Wildman–Crippen LogP) is 2.31. The first-order valence-corrected chi connectivity index (χ1v) is 9.46. The fraction of sp³-hybridized carbons (Fsp3) is 0.474. The topological polar surface area (TPSA) is 59.4 Å². The summed E-state index contributed by atoms with van der Waals surface area (Å²) >= 11 is 5.76. The standard InChI is InChI=1S/C19H22ClFN4O2/c1-22-17(26)16-12-25-9-6-23-18(25)19(27-16)4-7-24(8-5-19)11-13-2-3-14(20)15(21)10-13/h2-3,6,9-10,16H,4-5,7-8,11-12H2,1H3,(H,22,26). The third-order valence-corrected chi connectivity index (χ3v) is 5.75. The number of aromatic nitrogens is 2. The average Bonchev–Trinajstić information content (AvgIpc) is 3.15. The van der Waals surface area contributed by atoms with Crippen molar-refractivity contribution in [3.8, 4) is 0 Å². The van der Waals surface area contributed by atoms with Crippen molar-refractivity contribution in [2.24, 2.45) is 0 Å². The quantitative estimate of drug-likeness (QED) is 0.870. The second-order valence-electron chi connectivity index (χ2n) is 7.14. The molecule has 1 saturated heterocycles. The molecule has 2 aliphatic heterocycles. The van der Waals surface area contributed by atoms with E-state index in [2.05, 4.69) is 15.2 Å². The molecule has 6 nitrogen and oxygen atoms in total. The van der Waals surface area contributed by atoms with E-state index < -0.39 is 17.5 Å². The van der Waals surface area contributed by atoms with Crippen molar-refractivity contribution in [1.82, 2.24) is 19.8 Å². The molecule has 0 aliphatic carbocycles. The molecular weight excluding hydrogens is 371 g/mol. The largest absolute Gasteiger partial charge is 0.357 e. The summed E-state index contributed by atoms with van der Waals surface area (Å²) in [7, 11) is 1.62. The van der Waals surface area contributed by atoms with Gasteiger partial charge in [-0.05, 0) is 30.5 Å². The number of halogens is 2. The van der Waals surface area contributed by atoms with Crippen LogP contribution in [-0.4, -0.2) is 46.6 Å². The fourth-order valence-corrected chi connectivity index (χ4v) is 4.12. The molecule has 0 bridgehead atoms. The summed E-state index contributed by atoms with van der Waals surface area (Å²) in [5.74, 6) is 0.376. The molecule has 1 atom stereocenters. The van der Waals surface area contributed by atoms with Crippen molar-refractivity contribution < 1.29 is 13.9 Å². The Morgan fingerprint density at radius 3 is 2.93 bits per heavy atom.